The Bertz CT molecular complexity index is 391. The molecule has 0 saturated carbocycles. The fraction of sp³-hybridized carbons (Fsp3) is 0.385. The van der Waals surface area contributed by atoms with Crippen LogP contribution < -0.4 is 0 Å². The SMILES string of the molecule is CN(CC(=O)O)C(=O)COCCc1ccccc1. The molecule has 1 amide bonds. The molecule has 5 nitrogen and oxygen atoms in total. The molecule has 0 heterocycles. The predicted octanol–water partition coefficient (Wildman–Crippen LogP) is 0.789. The van der Waals surface area contributed by atoms with Crippen LogP contribution in [0.25, 0.3) is 0 Å². The summed E-state index contributed by atoms with van der Waals surface area (Å²) in [6.07, 6.45) is 0.733. The maximum absolute atomic E-state index is 11.4. The Morgan fingerprint density at radius 3 is 2.56 bits per heavy atom. The van der Waals surface area contributed by atoms with E-state index in [2.05, 4.69) is 0 Å². The standard InChI is InChI=1S/C13H17NO4/c1-14(9-13(16)17)12(15)10-18-8-7-11-5-3-2-4-6-11/h2-6H,7-10H2,1H3,(H,16,17). The molecule has 0 radical (unpaired) electrons. The third-order valence-electron chi connectivity index (χ3n) is 2.40. The maximum atomic E-state index is 11.4. The van der Waals surface area contributed by atoms with Gasteiger partial charge >= 0.3 is 5.97 Å². The molecular weight excluding hydrogens is 234 g/mol. The zero-order valence-electron chi connectivity index (χ0n) is 10.3. The highest BCUT2D eigenvalue weighted by Crippen LogP contribution is 1.99. The first-order valence-electron chi connectivity index (χ1n) is 5.67. The van der Waals surface area contributed by atoms with Crippen molar-refractivity contribution in [1.82, 2.24) is 4.90 Å². The molecular formula is C13H17NO4. The first kappa shape index (κ1) is 14.2. The summed E-state index contributed by atoms with van der Waals surface area (Å²) < 4.78 is 5.22. The van der Waals surface area contributed by atoms with Crippen molar-refractivity contribution in [3.8, 4) is 0 Å². The number of carboxylic acid groups (broad SMARTS) is 1. The van der Waals surface area contributed by atoms with E-state index in [0.717, 1.165) is 16.9 Å². The number of benzene rings is 1. The van der Waals surface area contributed by atoms with Gasteiger partial charge in [0.05, 0.1) is 6.61 Å². The lowest BCUT2D eigenvalue weighted by Gasteiger charge is -2.14. The van der Waals surface area contributed by atoms with Crippen LogP contribution in [0.1, 0.15) is 5.56 Å². The van der Waals surface area contributed by atoms with Gasteiger partial charge in [-0.25, -0.2) is 0 Å². The van der Waals surface area contributed by atoms with E-state index in [-0.39, 0.29) is 19.1 Å². The first-order chi connectivity index (χ1) is 8.59. The third-order valence-corrected chi connectivity index (χ3v) is 2.40. The minimum absolute atomic E-state index is 0.0867. The lowest BCUT2D eigenvalue weighted by Crippen LogP contribution is -2.34. The average Bonchev–Trinajstić information content (AvgIpc) is 2.34. The summed E-state index contributed by atoms with van der Waals surface area (Å²) in [4.78, 5) is 23.0. The molecule has 0 bridgehead atoms. The van der Waals surface area contributed by atoms with Crippen molar-refractivity contribution in [1.29, 1.82) is 0 Å². The van der Waals surface area contributed by atoms with Gasteiger partial charge in [0.25, 0.3) is 0 Å². The van der Waals surface area contributed by atoms with Crippen LogP contribution in [0.2, 0.25) is 0 Å². The number of amides is 1. The zero-order valence-corrected chi connectivity index (χ0v) is 10.3. The molecule has 0 fully saturated rings. The molecule has 18 heavy (non-hydrogen) atoms. The summed E-state index contributed by atoms with van der Waals surface area (Å²) >= 11 is 0. The van der Waals surface area contributed by atoms with Gasteiger partial charge in [-0.15, -0.1) is 0 Å². The molecule has 1 aromatic carbocycles. The molecule has 0 spiro atoms. The van der Waals surface area contributed by atoms with E-state index in [0.29, 0.717) is 6.61 Å². The van der Waals surface area contributed by atoms with E-state index in [1.165, 1.54) is 7.05 Å². The number of ether oxygens (including phenoxy) is 1. The van der Waals surface area contributed by atoms with E-state index >= 15 is 0 Å². The van der Waals surface area contributed by atoms with Crippen molar-refractivity contribution in [2.24, 2.45) is 0 Å². The maximum Gasteiger partial charge on any atom is 0.323 e. The Morgan fingerprint density at radius 2 is 1.94 bits per heavy atom. The van der Waals surface area contributed by atoms with Crippen LogP contribution in [0.4, 0.5) is 0 Å². The van der Waals surface area contributed by atoms with Crippen LogP contribution >= 0.6 is 0 Å². The van der Waals surface area contributed by atoms with E-state index in [1.807, 2.05) is 30.3 Å². The number of hydrogen-bond donors (Lipinski definition) is 1. The predicted molar refractivity (Wildman–Crippen MR) is 66.2 cm³/mol. The molecule has 0 saturated heterocycles. The van der Waals surface area contributed by atoms with Gasteiger partial charge in [0.2, 0.25) is 5.91 Å². The Labute approximate surface area is 106 Å². The summed E-state index contributed by atoms with van der Waals surface area (Å²) in [6.45, 7) is 0.0498. The quantitative estimate of drug-likeness (QED) is 0.727. The second kappa shape index (κ2) is 7.45. The lowest BCUT2D eigenvalue weighted by atomic mass is 10.2. The number of hydrogen-bond acceptors (Lipinski definition) is 3. The molecule has 0 unspecified atom stereocenters. The number of carbonyl (C=O) groups excluding carboxylic acids is 1. The van der Waals surface area contributed by atoms with Gasteiger partial charge < -0.3 is 14.7 Å². The van der Waals surface area contributed by atoms with Crippen molar-refractivity contribution in [3.05, 3.63) is 35.9 Å². The number of rotatable bonds is 7. The fourth-order valence-corrected chi connectivity index (χ4v) is 1.40. The van der Waals surface area contributed by atoms with Gasteiger partial charge in [-0.05, 0) is 12.0 Å². The van der Waals surface area contributed by atoms with Gasteiger partial charge in [0, 0.05) is 7.05 Å². The monoisotopic (exact) mass is 251 g/mol. The Morgan fingerprint density at radius 1 is 1.28 bits per heavy atom. The fourth-order valence-electron chi connectivity index (χ4n) is 1.40. The summed E-state index contributed by atoms with van der Waals surface area (Å²) in [6, 6.07) is 9.81. The smallest absolute Gasteiger partial charge is 0.323 e. The second-order valence-electron chi connectivity index (χ2n) is 3.93. The van der Waals surface area contributed by atoms with Crippen LogP contribution in [0, 0.1) is 0 Å². The van der Waals surface area contributed by atoms with Crippen molar-refractivity contribution in [2.45, 2.75) is 6.42 Å². The molecule has 0 aliphatic rings. The van der Waals surface area contributed by atoms with E-state index in [4.69, 9.17) is 9.84 Å². The van der Waals surface area contributed by atoms with E-state index in [9.17, 15) is 9.59 Å². The van der Waals surface area contributed by atoms with Crippen molar-refractivity contribution < 1.29 is 19.4 Å². The van der Waals surface area contributed by atoms with E-state index in [1.54, 1.807) is 0 Å². The summed E-state index contributed by atoms with van der Waals surface area (Å²) in [5.41, 5.74) is 1.14. The minimum atomic E-state index is -1.03. The largest absolute Gasteiger partial charge is 0.480 e. The highest BCUT2D eigenvalue weighted by Gasteiger charge is 2.11. The molecule has 1 aromatic rings. The van der Waals surface area contributed by atoms with Gasteiger partial charge in [0.1, 0.15) is 13.2 Å². The van der Waals surface area contributed by atoms with Gasteiger partial charge in [0.15, 0.2) is 0 Å². The Hall–Kier alpha value is -1.88. The molecule has 0 aliphatic carbocycles. The van der Waals surface area contributed by atoms with Crippen LogP contribution in [0.15, 0.2) is 30.3 Å². The van der Waals surface area contributed by atoms with Crippen LogP contribution in [0.3, 0.4) is 0 Å². The first-order valence-corrected chi connectivity index (χ1v) is 5.67. The summed E-state index contributed by atoms with van der Waals surface area (Å²) in [5.74, 6) is -1.36. The summed E-state index contributed by atoms with van der Waals surface area (Å²) in [7, 11) is 1.44. The highest BCUT2D eigenvalue weighted by atomic mass is 16.5. The van der Waals surface area contributed by atoms with Gasteiger partial charge in [-0.3, -0.25) is 9.59 Å². The summed E-state index contributed by atoms with van der Waals surface area (Å²) in [5, 5.41) is 8.52. The average molecular weight is 251 g/mol. The molecule has 0 aromatic heterocycles. The Balaban J connectivity index is 2.18. The normalized spacial score (nSPS) is 10.1. The molecule has 1 N–H and O–H groups in total. The number of carboxylic acids is 1. The van der Waals surface area contributed by atoms with Gasteiger partial charge in [-0.1, -0.05) is 30.3 Å². The van der Waals surface area contributed by atoms with Crippen LogP contribution in [-0.2, 0) is 20.7 Å². The van der Waals surface area contributed by atoms with Crippen molar-refractivity contribution >= 4 is 11.9 Å². The molecule has 98 valence electrons. The Kier molecular flexibility index (Phi) is 5.87. The zero-order chi connectivity index (χ0) is 13.4. The van der Waals surface area contributed by atoms with Crippen molar-refractivity contribution in [2.75, 3.05) is 26.8 Å². The lowest BCUT2D eigenvalue weighted by molar-refractivity contribution is -0.145. The third kappa shape index (κ3) is 5.45. The minimum Gasteiger partial charge on any atom is -0.480 e. The topological polar surface area (TPSA) is 66.8 Å². The number of likely N-dealkylation sites (N-methyl/N-ethyl adjacent to an activating group) is 1. The second-order valence-corrected chi connectivity index (χ2v) is 3.93. The van der Waals surface area contributed by atoms with E-state index < -0.39 is 5.97 Å². The highest BCUT2D eigenvalue weighted by molar-refractivity contribution is 5.81. The van der Waals surface area contributed by atoms with Crippen LogP contribution in [-0.4, -0.2) is 48.7 Å². The van der Waals surface area contributed by atoms with Crippen molar-refractivity contribution in [3.63, 3.8) is 0 Å². The molecule has 0 atom stereocenters. The molecule has 1 rings (SSSR count). The number of aliphatic carboxylic acids is 1. The number of carbonyl (C=O) groups is 2. The van der Waals surface area contributed by atoms with Gasteiger partial charge in [-0.2, -0.15) is 0 Å². The molecule has 5 heteroatoms. The van der Waals surface area contributed by atoms with Crippen LogP contribution in [0.5, 0.6) is 0 Å². The number of nitrogens with zero attached hydrogens (tertiary/aromatic N) is 1. The molecule has 0 aliphatic heterocycles.